The Morgan fingerprint density at radius 1 is 1.06 bits per heavy atom. The number of sulfonamides is 1. The van der Waals surface area contributed by atoms with Crippen molar-refractivity contribution in [3.63, 3.8) is 0 Å². The second-order valence-electron chi connectivity index (χ2n) is 7.23. The summed E-state index contributed by atoms with van der Waals surface area (Å²) in [6.07, 6.45) is 0. The Balaban J connectivity index is 1.53. The van der Waals surface area contributed by atoms with Crippen LogP contribution in [0.3, 0.4) is 0 Å². The number of hydrogen-bond donors (Lipinski definition) is 0. The molecule has 0 aromatic heterocycles. The minimum atomic E-state index is -3.59. The Morgan fingerprint density at radius 2 is 1.71 bits per heavy atom. The van der Waals surface area contributed by atoms with Crippen LogP contribution in [0.5, 0.6) is 11.5 Å². The van der Waals surface area contributed by atoms with E-state index in [4.69, 9.17) is 21.1 Å². The summed E-state index contributed by atoms with van der Waals surface area (Å²) in [5, 5.41) is 0.139. The Labute approximate surface area is 187 Å². The molecule has 0 bridgehead atoms. The molecular formula is C21H26ClN3O5S. The molecule has 0 aliphatic carbocycles. The largest absolute Gasteiger partial charge is 0.497 e. The van der Waals surface area contributed by atoms with Gasteiger partial charge in [0.25, 0.3) is 5.91 Å². The topological polar surface area (TPSA) is 79.4 Å². The van der Waals surface area contributed by atoms with Crippen LogP contribution >= 0.6 is 11.6 Å². The molecule has 10 heteroatoms. The van der Waals surface area contributed by atoms with E-state index in [1.807, 2.05) is 24.3 Å². The van der Waals surface area contributed by atoms with Gasteiger partial charge in [0.05, 0.1) is 17.0 Å². The van der Waals surface area contributed by atoms with E-state index in [-0.39, 0.29) is 28.2 Å². The van der Waals surface area contributed by atoms with E-state index in [9.17, 15) is 13.2 Å². The van der Waals surface area contributed by atoms with E-state index in [1.54, 1.807) is 12.0 Å². The van der Waals surface area contributed by atoms with E-state index in [0.29, 0.717) is 13.1 Å². The standard InChI is InChI=1S/C21H26ClN3O5S/c1-23(2)31(27,28)18-8-9-20(19(22)14-18)30-15-21(26)25-12-10-24(11-13-25)16-4-6-17(29-3)7-5-16/h4-9,14H,10-13,15H2,1-3H3. The maximum absolute atomic E-state index is 12.5. The molecule has 168 valence electrons. The lowest BCUT2D eigenvalue weighted by atomic mass is 10.2. The van der Waals surface area contributed by atoms with E-state index < -0.39 is 10.0 Å². The zero-order chi connectivity index (χ0) is 22.6. The molecule has 1 amide bonds. The highest BCUT2D eigenvalue weighted by molar-refractivity contribution is 7.89. The predicted molar refractivity (Wildman–Crippen MR) is 120 cm³/mol. The Kier molecular flexibility index (Phi) is 7.30. The molecule has 2 aromatic rings. The predicted octanol–water partition coefficient (Wildman–Crippen LogP) is 2.33. The van der Waals surface area contributed by atoms with Gasteiger partial charge in [-0.3, -0.25) is 4.79 Å². The number of carbonyl (C=O) groups is 1. The van der Waals surface area contributed by atoms with Crippen molar-refractivity contribution in [3.05, 3.63) is 47.5 Å². The fraction of sp³-hybridized carbons (Fsp3) is 0.381. The number of rotatable bonds is 7. The second kappa shape index (κ2) is 9.76. The van der Waals surface area contributed by atoms with Crippen LogP contribution < -0.4 is 14.4 Å². The van der Waals surface area contributed by atoms with Crippen LogP contribution in [-0.4, -0.2) is 77.5 Å². The molecule has 31 heavy (non-hydrogen) atoms. The van der Waals surface area contributed by atoms with Crippen LogP contribution in [0, 0.1) is 0 Å². The molecule has 3 rings (SSSR count). The molecule has 0 N–H and O–H groups in total. The summed E-state index contributed by atoms with van der Waals surface area (Å²) in [6.45, 7) is 2.44. The van der Waals surface area contributed by atoms with Crippen molar-refractivity contribution in [1.29, 1.82) is 0 Å². The van der Waals surface area contributed by atoms with Crippen LogP contribution in [0.15, 0.2) is 47.4 Å². The lowest BCUT2D eigenvalue weighted by Crippen LogP contribution is -2.50. The lowest BCUT2D eigenvalue weighted by molar-refractivity contribution is -0.133. The fourth-order valence-electron chi connectivity index (χ4n) is 3.21. The highest BCUT2D eigenvalue weighted by atomic mass is 35.5. The molecular weight excluding hydrogens is 442 g/mol. The number of piperazine rings is 1. The van der Waals surface area contributed by atoms with E-state index in [0.717, 1.165) is 28.8 Å². The van der Waals surface area contributed by atoms with Gasteiger partial charge in [0.1, 0.15) is 11.5 Å². The van der Waals surface area contributed by atoms with Gasteiger partial charge in [0.2, 0.25) is 10.0 Å². The number of amides is 1. The lowest BCUT2D eigenvalue weighted by Gasteiger charge is -2.36. The molecule has 0 saturated carbocycles. The number of anilines is 1. The summed E-state index contributed by atoms with van der Waals surface area (Å²) in [5.74, 6) is 0.931. The highest BCUT2D eigenvalue weighted by Crippen LogP contribution is 2.28. The van der Waals surface area contributed by atoms with Gasteiger partial charge in [0.15, 0.2) is 6.61 Å². The number of benzene rings is 2. The third-order valence-corrected chi connectivity index (χ3v) is 7.21. The van der Waals surface area contributed by atoms with Gasteiger partial charge in [-0.2, -0.15) is 0 Å². The van der Waals surface area contributed by atoms with Gasteiger partial charge in [-0.25, -0.2) is 12.7 Å². The molecule has 8 nitrogen and oxygen atoms in total. The van der Waals surface area contributed by atoms with Gasteiger partial charge in [-0.1, -0.05) is 11.6 Å². The minimum Gasteiger partial charge on any atom is -0.497 e. The maximum atomic E-state index is 12.5. The van der Waals surface area contributed by atoms with Gasteiger partial charge in [-0.05, 0) is 42.5 Å². The van der Waals surface area contributed by atoms with E-state index in [2.05, 4.69) is 4.90 Å². The summed E-state index contributed by atoms with van der Waals surface area (Å²) in [4.78, 5) is 16.6. The molecule has 1 aliphatic rings. The van der Waals surface area contributed by atoms with Gasteiger partial charge in [0, 0.05) is 46.0 Å². The molecule has 0 atom stereocenters. The van der Waals surface area contributed by atoms with Crippen molar-refractivity contribution in [2.75, 3.05) is 58.9 Å². The minimum absolute atomic E-state index is 0.0656. The van der Waals surface area contributed by atoms with Crippen molar-refractivity contribution in [2.45, 2.75) is 4.90 Å². The van der Waals surface area contributed by atoms with Gasteiger partial charge >= 0.3 is 0 Å². The first-order valence-electron chi connectivity index (χ1n) is 9.74. The fourth-order valence-corrected chi connectivity index (χ4v) is 4.44. The Morgan fingerprint density at radius 3 is 2.26 bits per heavy atom. The first-order valence-corrected chi connectivity index (χ1v) is 11.6. The second-order valence-corrected chi connectivity index (χ2v) is 9.79. The zero-order valence-corrected chi connectivity index (χ0v) is 19.3. The summed E-state index contributed by atoms with van der Waals surface area (Å²) >= 11 is 6.17. The summed E-state index contributed by atoms with van der Waals surface area (Å²) in [7, 11) is 0.934. The first-order chi connectivity index (χ1) is 14.7. The molecule has 0 radical (unpaired) electrons. The smallest absolute Gasteiger partial charge is 0.260 e. The third kappa shape index (κ3) is 5.41. The Hall–Kier alpha value is -2.49. The van der Waals surface area contributed by atoms with E-state index in [1.165, 1.54) is 32.3 Å². The number of hydrogen-bond acceptors (Lipinski definition) is 6. The normalized spacial score (nSPS) is 14.6. The number of methoxy groups -OCH3 is 1. The summed E-state index contributed by atoms with van der Waals surface area (Å²) in [5.41, 5.74) is 1.09. The molecule has 1 saturated heterocycles. The third-order valence-electron chi connectivity index (χ3n) is 5.10. The van der Waals surface area contributed by atoms with Crippen LogP contribution in [0.4, 0.5) is 5.69 Å². The van der Waals surface area contributed by atoms with Crippen molar-refractivity contribution in [2.24, 2.45) is 0 Å². The van der Waals surface area contributed by atoms with Crippen LogP contribution in [0.2, 0.25) is 5.02 Å². The number of nitrogens with zero attached hydrogens (tertiary/aromatic N) is 3. The van der Waals surface area contributed by atoms with Crippen LogP contribution in [0.1, 0.15) is 0 Å². The van der Waals surface area contributed by atoms with Crippen molar-refractivity contribution in [3.8, 4) is 11.5 Å². The monoisotopic (exact) mass is 467 g/mol. The maximum Gasteiger partial charge on any atom is 0.260 e. The van der Waals surface area contributed by atoms with E-state index >= 15 is 0 Å². The number of carbonyl (C=O) groups excluding carboxylic acids is 1. The SMILES string of the molecule is COc1ccc(N2CCN(C(=O)COc3ccc(S(=O)(=O)N(C)C)cc3Cl)CC2)cc1. The average Bonchev–Trinajstić information content (AvgIpc) is 2.78. The van der Waals surface area contributed by atoms with Crippen molar-refractivity contribution >= 4 is 33.2 Å². The Bertz CT molecular complexity index is 1020. The molecule has 1 fully saturated rings. The molecule has 1 aliphatic heterocycles. The van der Waals surface area contributed by atoms with Crippen molar-refractivity contribution < 1.29 is 22.7 Å². The van der Waals surface area contributed by atoms with Crippen molar-refractivity contribution in [1.82, 2.24) is 9.21 Å². The summed E-state index contributed by atoms with van der Waals surface area (Å²) < 4.78 is 36.2. The molecule has 0 unspecified atom stereocenters. The van der Waals surface area contributed by atoms with Gasteiger partial charge in [-0.15, -0.1) is 0 Å². The summed E-state index contributed by atoms with van der Waals surface area (Å²) in [6, 6.07) is 12.0. The first kappa shape index (κ1) is 23.2. The number of ether oxygens (including phenoxy) is 2. The quantitative estimate of drug-likeness (QED) is 0.621. The van der Waals surface area contributed by atoms with Crippen LogP contribution in [-0.2, 0) is 14.8 Å². The average molecular weight is 468 g/mol. The zero-order valence-electron chi connectivity index (χ0n) is 17.7. The van der Waals surface area contributed by atoms with Gasteiger partial charge < -0.3 is 19.3 Å². The molecule has 0 spiro atoms. The van der Waals surface area contributed by atoms with Crippen LogP contribution in [0.25, 0.3) is 0 Å². The highest BCUT2D eigenvalue weighted by Gasteiger charge is 2.23. The molecule has 1 heterocycles. The molecule has 2 aromatic carbocycles. The number of halogens is 1.